The molecule has 0 aliphatic heterocycles. The fraction of sp³-hybridized carbons (Fsp3) is 0.727. The number of rotatable bonds is 18. The van der Waals surface area contributed by atoms with E-state index in [0.29, 0.717) is 0 Å². The van der Waals surface area contributed by atoms with Gasteiger partial charge in [-0.2, -0.15) is 0 Å². The minimum absolute atomic E-state index is 0. The molecule has 0 aliphatic carbocycles. The van der Waals surface area contributed by atoms with Gasteiger partial charge >= 0.3 is 16.5 Å². The molecule has 0 aliphatic rings. The van der Waals surface area contributed by atoms with Crippen molar-refractivity contribution in [3.8, 4) is 0 Å². The van der Waals surface area contributed by atoms with Gasteiger partial charge < -0.3 is 19.8 Å². The van der Waals surface area contributed by atoms with Crippen LogP contribution in [0.3, 0.4) is 0 Å². The fourth-order valence-corrected chi connectivity index (χ4v) is 2.53. The maximum Gasteiger partial charge on any atom is 2.00 e. The zero-order valence-electron chi connectivity index (χ0n) is 16.8. The number of aliphatic carboxylic acids is 2. The number of hydrogen-bond acceptors (Lipinski definition) is 4. The van der Waals surface area contributed by atoms with E-state index >= 15 is 0 Å². The Labute approximate surface area is 176 Å². The van der Waals surface area contributed by atoms with E-state index in [1.807, 2.05) is 12.2 Å². The van der Waals surface area contributed by atoms with E-state index in [1.54, 1.807) is 0 Å². The van der Waals surface area contributed by atoms with Crippen molar-refractivity contribution in [1.29, 1.82) is 0 Å². The van der Waals surface area contributed by atoms with E-state index in [9.17, 15) is 19.8 Å². The summed E-state index contributed by atoms with van der Waals surface area (Å²) in [6.07, 6.45) is 19.7. The van der Waals surface area contributed by atoms with Gasteiger partial charge in [-0.05, 0) is 51.4 Å². The Balaban J connectivity index is -0.000000411. The second-order valence-corrected chi connectivity index (χ2v) is 6.64. The number of carbonyl (C=O) groups is 2. The number of carboxylic acids is 2. The van der Waals surface area contributed by atoms with E-state index in [0.717, 1.165) is 51.4 Å². The molecule has 0 aromatic rings. The van der Waals surface area contributed by atoms with Crippen LogP contribution in [-0.4, -0.2) is 11.9 Å². The molecule has 0 unspecified atom stereocenters. The topological polar surface area (TPSA) is 80.3 Å². The summed E-state index contributed by atoms with van der Waals surface area (Å²) in [5.41, 5.74) is 0. The normalized spacial score (nSPS) is 9.48. The van der Waals surface area contributed by atoms with Gasteiger partial charge in [0.25, 0.3) is 0 Å². The molecule has 0 amide bonds. The molecule has 4 nitrogen and oxygen atoms in total. The largest absolute Gasteiger partial charge is 2.00 e. The van der Waals surface area contributed by atoms with Gasteiger partial charge in [-0.1, -0.05) is 63.5 Å². The molecule has 0 heterocycles. The quantitative estimate of drug-likeness (QED) is 0.188. The Morgan fingerprint density at radius 3 is 1.07 bits per heavy atom. The summed E-state index contributed by atoms with van der Waals surface area (Å²) in [4.78, 5) is 20.1. The van der Waals surface area contributed by atoms with E-state index in [2.05, 4.69) is 13.2 Å². The first-order valence-electron chi connectivity index (χ1n) is 10.2. The summed E-state index contributed by atoms with van der Waals surface area (Å²) in [5.74, 6) is -1.85. The van der Waals surface area contributed by atoms with Gasteiger partial charge in [-0.3, -0.25) is 0 Å². The monoisotopic (exact) mass is 424 g/mol. The van der Waals surface area contributed by atoms with Crippen molar-refractivity contribution < 1.29 is 36.3 Å². The Kier molecular flexibility index (Phi) is 30.8. The van der Waals surface area contributed by atoms with Crippen LogP contribution in [0, 0.1) is 0 Å². The molecule has 0 atom stereocenters. The number of unbranched alkanes of at least 4 members (excludes halogenated alkanes) is 12. The van der Waals surface area contributed by atoms with E-state index in [-0.39, 0.29) is 29.3 Å². The van der Waals surface area contributed by atoms with Gasteiger partial charge in [0.2, 0.25) is 0 Å². The van der Waals surface area contributed by atoms with Crippen LogP contribution in [0.15, 0.2) is 25.3 Å². The molecule has 0 aromatic heterocycles. The number of allylic oxidation sites excluding steroid dienone is 2. The zero-order chi connectivity index (χ0) is 19.9. The van der Waals surface area contributed by atoms with Gasteiger partial charge in [-0.25, -0.2) is 0 Å². The minimum atomic E-state index is -0.924. The summed E-state index contributed by atoms with van der Waals surface area (Å²) in [6.45, 7) is 7.31. The first-order valence-corrected chi connectivity index (χ1v) is 10.2. The predicted octanol–water partition coefficient (Wildman–Crippen LogP) is 4.08. The number of carbonyl (C=O) groups excluding carboxylic acids is 2. The van der Waals surface area contributed by atoms with Crippen molar-refractivity contribution in [2.45, 2.75) is 103 Å². The maximum absolute atomic E-state index is 10.1. The van der Waals surface area contributed by atoms with Crippen LogP contribution in [0.25, 0.3) is 0 Å². The molecule has 0 bridgehead atoms. The van der Waals surface area contributed by atoms with Crippen LogP contribution in [0.2, 0.25) is 0 Å². The standard InChI is InChI=1S/2C11H20O2.Ni/c2*1-2-3-4-5-6-7-8-9-10-11(12)13;/h2*2H,1,3-10H2,(H,12,13);/q;;+2/p-2. The fourth-order valence-electron chi connectivity index (χ4n) is 2.53. The third-order valence-corrected chi connectivity index (χ3v) is 4.08. The average Bonchev–Trinajstić information content (AvgIpc) is 2.60. The molecule has 0 fully saturated rings. The molecule has 0 aromatic carbocycles. The van der Waals surface area contributed by atoms with Crippen molar-refractivity contribution >= 4 is 11.9 Å². The van der Waals surface area contributed by atoms with Gasteiger partial charge in [0, 0.05) is 11.9 Å². The van der Waals surface area contributed by atoms with Gasteiger partial charge in [0.15, 0.2) is 0 Å². The molecule has 0 spiro atoms. The van der Waals surface area contributed by atoms with Crippen LogP contribution in [0.4, 0.5) is 0 Å². The first kappa shape index (κ1) is 30.6. The Morgan fingerprint density at radius 2 is 0.815 bits per heavy atom. The summed E-state index contributed by atoms with van der Waals surface area (Å²) >= 11 is 0. The number of hydrogen-bond donors (Lipinski definition) is 0. The molecule has 0 rings (SSSR count). The van der Waals surface area contributed by atoms with E-state index in [4.69, 9.17) is 0 Å². The number of carboxylic acid groups (broad SMARTS) is 2. The third-order valence-electron chi connectivity index (χ3n) is 4.08. The van der Waals surface area contributed by atoms with Crippen molar-refractivity contribution in [2.75, 3.05) is 0 Å². The Hall–Kier alpha value is -1.09. The maximum atomic E-state index is 10.1. The second kappa shape index (κ2) is 27.1. The second-order valence-electron chi connectivity index (χ2n) is 6.64. The van der Waals surface area contributed by atoms with Gasteiger partial charge in [0.05, 0.1) is 0 Å². The van der Waals surface area contributed by atoms with Gasteiger partial charge in [0.1, 0.15) is 0 Å². The smallest absolute Gasteiger partial charge is 0.550 e. The van der Waals surface area contributed by atoms with Crippen LogP contribution >= 0.6 is 0 Å². The first-order chi connectivity index (χ1) is 12.5. The molecule has 0 saturated heterocycles. The molecule has 0 saturated carbocycles. The third kappa shape index (κ3) is 36.6. The van der Waals surface area contributed by atoms with Crippen LogP contribution < -0.4 is 10.2 Å². The Morgan fingerprint density at radius 1 is 0.556 bits per heavy atom. The molecule has 160 valence electrons. The molecule has 0 radical (unpaired) electrons. The van der Waals surface area contributed by atoms with Crippen LogP contribution in [0.5, 0.6) is 0 Å². The van der Waals surface area contributed by atoms with Crippen LogP contribution in [-0.2, 0) is 26.1 Å². The van der Waals surface area contributed by atoms with Gasteiger partial charge in [-0.15, -0.1) is 13.2 Å². The molecule has 27 heavy (non-hydrogen) atoms. The van der Waals surface area contributed by atoms with Crippen LogP contribution in [0.1, 0.15) is 103 Å². The van der Waals surface area contributed by atoms with Crippen molar-refractivity contribution in [2.24, 2.45) is 0 Å². The van der Waals surface area contributed by atoms with Crippen molar-refractivity contribution in [3.05, 3.63) is 25.3 Å². The zero-order valence-corrected chi connectivity index (χ0v) is 17.8. The summed E-state index contributed by atoms with van der Waals surface area (Å²) in [5, 5.41) is 20.1. The molecular formula is C22H38NiO4. The van der Waals surface area contributed by atoms with E-state index in [1.165, 1.54) is 38.5 Å². The van der Waals surface area contributed by atoms with Crippen molar-refractivity contribution in [1.82, 2.24) is 0 Å². The van der Waals surface area contributed by atoms with Crippen molar-refractivity contribution in [3.63, 3.8) is 0 Å². The Bertz CT molecular complexity index is 322. The average molecular weight is 425 g/mol. The molecule has 0 N–H and O–H groups in total. The molecular weight excluding hydrogens is 387 g/mol. The summed E-state index contributed by atoms with van der Waals surface area (Å²) in [7, 11) is 0. The predicted molar refractivity (Wildman–Crippen MR) is 104 cm³/mol. The minimum Gasteiger partial charge on any atom is -0.550 e. The summed E-state index contributed by atoms with van der Waals surface area (Å²) < 4.78 is 0. The summed E-state index contributed by atoms with van der Waals surface area (Å²) in [6, 6.07) is 0. The molecule has 5 heteroatoms. The SMILES string of the molecule is C=CCCCCCCCCC(=O)[O-].C=CCCCCCCCCC(=O)[O-].[Ni+2]. The van der Waals surface area contributed by atoms with E-state index < -0.39 is 11.9 Å².